The minimum absolute atomic E-state index is 0.0485. The summed E-state index contributed by atoms with van der Waals surface area (Å²) >= 11 is 6.10. The van der Waals surface area contributed by atoms with Gasteiger partial charge in [0.15, 0.2) is 0 Å². The van der Waals surface area contributed by atoms with E-state index < -0.39 is 11.3 Å². The molecule has 1 N–H and O–H groups in total. The van der Waals surface area contributed by atoms with E-state index in [-0.39, 0.29) is 16.9 Å². The van der Waals surface area contributed by atoms with Crippen LogP contribution in [0.15, 0.2) is 60.9 Å². The van der Waals surface area contributed by atoms with Gasteiger partial charge in [0, 0.05) is 34.0 Å². The molecule has 0 aliphatic heterocycles. The average molecular weight is 454 g/mol. The van der Waals surface area contributed by atoms with Crippen molar-refractivity contribution in [2.75, 3.05) is 13.1 Å². The number of nitrogens with zero attached hydrogens (tertiary/aromatic N) is 1. The molecule has 166 valence electrons. The predicted octanol–water partition coefficient (Wildman–Crippen LogP) is 5.55. The van der Waals surface area contributed by atoms with Crippen molar-refractivity contribution in [1.29, 1.82) is 0 Å². The predicted molar refractivity (Wildman–Crippen MR) is 126 cm³/mol. The van der Waals surface area contributed by atoms with Crippen LogP contribution in [0.4, 0.5) is 0 Å². The first-order valence-corrected chi connectivity index (χ1v) is 11.0. The maximum Gasteiger partial charge on any atom is 0.344 e. The molecule has 0 bridgehead atoms. The standard InChI is InChI=1S/C25H24ClNO5/c1-3-9-27(10-4-2)14-20-21(28)7-6-17-18(13-23(29)32-24(17)20)19-12-15-11-16(26)5-8-22(15)31-25(19)30/h5-8,11-13,28H,3-4,9-10,14H2,1-2H3. The van der Waals surface area contributed by atoms with Gasteiger partial charge in [0.1, 0.15) is 16.9 Å². The molecule has 0 saturated heterocycles. The molecule has 0 fully saturated rings. The van der Waals surface area contributed by atoms with Crippen LogP contribution in [0.2, 0.25) is 5.02 Å². The Balaban J connectivity index is 1.94. The number of rotatable bonds is 7. The lowest BCUT2D eigenvalue weighted by molar-refractivity contribution is 0.262. The van der Waals surface area contributed by atoms with Crippen molar-refractivity contribution in [1.82, 2.24) is 4.90 Å². The van der Waals surface area contributed by atoms with Gasteiger partial charge in [-0.15, -0.1) is 0 Å². The lowest BCUT2D eigenvalue weighted by Gasteiger charge is -2.22. The lowest BCUT2D eigenvalue weighted by atomic mass is 9.99. The highest BCUT2D eigenvalue weighted by Crippen LogP contribution is 2.34. The van der Waals surface area contributed by atoms with Gasteiger partial charge in [-0.1, -0.05) is 25.4 Å². The van der Waals surface area contributed by atoms with E-state index >= 15 is 0 Å². The van der Waals surface area contributed by atoms with Crippen LogP contribution in [-0.4, -0.2) is 23.1 Å². The quantitative estimate of drug-likeness (QED) is 0.369. The molecule has 0 amide bonds. The molecule has 2 heterocycles. The second-order valence-corrected chi connectivity index (χ2v) is 8.26. The average Bonchev–Trinajstić information content (AvgIpc) is 2.75. The molecule has 6 nitrogen and oxygen atoms in total. The van der Waals surface area contributed by atoms with Gasteiger partial charge in [-0.2, -0.15) is 0 Å². The highest BCUT2D eigenvalue weighted by atomic mass is 35.5. The third kappa shape index (κ3) is 4.29. The van der Waals surface area contributed by atoms with Crippen LogP contribution in [0.3, 0.4) is 0 Å². The van der Waals surface area contributed by atoms with E-state index in [9.17, 15) is 14.7 Å². The molecule has 2 aromatic heterocycles. The summed E-state index contributed by atoms with van der Waals surface area (Å²) in [4.78, 5) is 27.5. The topological polar surface area (TPSA) is 83.9 Å². The van der Waals surface area contributed by atoms with Gasteiger partial charge in [0.25, 0.3) is 0 Å². The van der Waals surface area contributed by atoms with Gasteiger partial charge < -0.3 is 13.9 Å². The van der Waals surface area contributed by atoms with Crippen LogP contribution >= 0.6 is 11.6 Å². The van der Waals surface area contributed by atoms with Crippen molar-refractivity contribution in [3.63, 3.8) is 0 Å². The second-order valence-electron chi connectivity index (χ2n) is 7.82. The first-order valence-electron chi connectivity index (χ1n) is 10.7. The molecule has 0 aliphatic carbocycles. The summed E-state index contributed by atoms with van der Waals surface area (Å²) in [6, 6.07) is 11.1. The normalized spacial score (nSPS) is 11.6. The molecule has 32 heavy (non-hydrogen) atoms. The van der Waals surface area contributed by atoms with Crippen LogP contribution < -0.4 is 11.3 Å². The van der Waals surface area contributed by atoms with Crippen LogP contribution in [0.5, 0.6) is 5.75 Å². The van der Waals surface area contributed by atoms with E-state index in [1.165, 1.54) is 6.07 Å². The molecule has 0 unspecified atom stereocenters. The van der Waals surface area contributed by atoms with E-state index in [0.29, 0.717) is 39.0 Å². The monoisotopic (exact) mass is 453 g/mol. The summed E-state index contributed by atoms with van der Waals surface area (Å²) < 4.78 is 11.0. The van der Waals surface area contributed by atoms with E-state index in [0.717, 1.165) is 25.9 Å². The zero-order chi connectivity index (χ0) is 22.8. The van der Waals surface area contributed by atoms with E-state index in [2.05, 4.69) is 18.7 Å². The molecule has 0 aliphatic rings. The number of phenols is 1. The molecule has 4 rings (SSSR count). The van der Waals surface area contributed by atoms with Crippen LogP contribution in [0, 0.1) is 0 Å². The number of benzene rings is 2. The summed E-state index contributed by atoms with van der Waals surface area (Å²) in [6.45, 7) is 6.31. The zero-order valence-electron chi connectivity index (χ0n) is 18.0. The summed E-state index contributed by atoms with van der Waals surface area (Å²) in [5.41, 5.74) is 0.650. The largest absolute Gasteiger partial charge is 0.507 e. The molecule has 0 saturated carbocycles. The Morgan fingerprint density at radius 3 is 2.41 bits per heavy atom. The van der Waals surface area contributed by atoms with Gasteiger partial charge in [0.05, 0.1) is 11.1 Å². The Kier molecular flexibility index (Phi) is 6.35. The molecule has 0 spiro atoms. The number of halogens is 1. The second kappa shape index (κ2) is 9.18. The van der Waals surface area contributed by atoms with E-state index in [4.69, 9.17) is 20.4 Å². The fourth-order valence-corrected chi connectivity index (χ4v) is 4.24. The molecule has 0 atom stereocenters. The third-order valence-electron chi connectivity index (χ3n) is 5.44. The summed E-state index contributed by atoms with van der Waals surface area (Å²) in [7, 11) is 0. The number of aromatic hydroxyl groups is 1. The zero-order valence-corrected chi connectivity index (χ0v) is 18.7. The first-order chi connectivity index (χ1) is 15.4. The Hall–Kier alpha value is -3.09. The molecule has 0 radical (unpaired) electrons. The maximum atomic E-state index is 12.8. The van der Waals surface area contributed by atoms with Crippen molar-refractivity contribution in [2.45, 2.75) is 33.2 Å². The van der Waals surface area contributed by atoms with Crippen molar-refractivity contribution in [2.24, 2.45) is 0 Å². The Bertz CT molecular complexity index is 1400. The first kappa shape index (κ1) is 22.1. The molecule has 4 aromatic rings. The molecule has 7 heteroatoms. The minimum Gasteiger partial charge on any atom is -0.507 e. The van der Waals surface area contributed by atoms with Gasteiger partial charge in [-0.25, -0.2) is 9.59 Å². The smallest absolute Gasteiger partial charge is 0.344 e. The highest BCUT2D eigenvalue weighted by molar-refractivity contribution is 6.31. The SMILES string of the molecule is CCCN(CCC)Cc1c(O)ccc2c(-c3cc4cc(Cl)ccc4oc3=O)cc(=O)oc12. The maximum absolute atomic E-state index is 12.8. The molecular weight excluding hydrogens is 430 g/mol. The fraction of sp³-hybridized carbons (Fsp3) is 0.280. The summed E-state index contributed by atoms with van der Waals surface area (Å²) in [5, 5.41) is 12.3. The number of hydrogen-bond donors (Lipinski definition) is 1. The summed E-state index contributed by atoms with van der Waals surface area (Å²) in [5.74, 6) is 0.0485. The Morgan fingerprint density at radius 2 is 1.69 bits per heavy atom. The van der Waals surface area contributed by atoms with Crippen molar-refractivity contribution in [3.05, 3.63) is 73.9 Å². The Morgan fingerprint density at radius 1 is 0.938 bits per heavy atom. The molecular formula is C25H24ClNO5. The number of phenolic OH excluding ortho intramolecular Hbond substituents is 1. The van der Waals surface area contributed by atoms with Gasteiger partial charge in [-0.05, 0) is 62.3 Å². The van der Waals surface area contributed by atoms with Crippen LogP contribution in [0.1, 0.15) is 32.3 Å². The van der Waals surface area contributed by atoms with Crippen molar-refractivity contribution >= 4 is 33.5 Å². The van der Waals surface area contributed by atoms with Crippen molar-refractivity contribution < 1.29 is 13.9 Å². The van der Waals surface area contributed by atoms with Gasteiger partial charge in [-0.3, -0.25) is 4.90 Å². The Labute approximate surface area is 189 Å². The highest BCUT2D eigenvalue weighted by Gasteiger charge is 2.19. The number of fused-ring (bicyclic) bond motifs is 2. The lowest BCUT2D eigenvalue weighted by Crippen LogP contribution is -2.25. The van der Waals surface area contributed by atoms with Crippen LogP contribution in [0.25, 0.3) is 33.1 Å². The third-order valence-corrected chi connectivity index (χ3v) is 5.67. The minimum atomic E-state index is -0.609. The summed E-state index contributed by atoms with van der Waals surface area (Å²) in [6.07, 6.45) is 1.92. The molecule has 2 aromatic carbocycles. The van der Waals surface area contributed by atoms with E-state index in [1.54, 1.807) is 36.4 Å². The van der Waals surface area contributed by atoms with E-state index in [1.807, 2.05) is 0 Å². The number of hydrogen-bond acceptors (Lipinski definition) is 6. The van der Waals surface area contributed by atoms with Gasteiger partial charge >= 0.3 is 11.3 Å². The van der Waals surface area contributed by atoms with Crippen LogP contribution in [-0.2, 0) is 6.54 Å². The fourth-order valence-electron chi connectivity index (χ4n) is 4.06. The van der Waals surface area contributed by atoms with Crippen molar-refractivity contribution in [3.8, 4) is 16.9 Å². The van der Waals surface area contributed by atoms with Gasteiger partial charge in [0.2, 0.25) is 0 Å².